The number of aliphatic imine (C=N–C) groups is 1. The van der Waals surface area contributed by atoms with Gasteiger partial charge in [-0.25, -0.2) is 8.78 Å². The van der Waals surface area contributed by atoms with E-state index in [1.54, 1.807) is 35.6 Å². The van der Waals surface area contributed by atoms with Gasteiger partial charge < -0.3 is 5.73 Å². The molecule has 2 heterocycles. The van der Waals surface area contributed by atoms with Gasteiger partial charge in [0, 0.05) is 34.4 Å². The van der Waals surface area contributed by atoms with Crippen LogP contribution in [0.2, 0.25) is 0 Å². The predicted molar refractivity (Wildman–Crippen MR) is 127 cm³/mol. The van der Waals surface area contributed by atoms with Gasteiger partial charge in [-0.1, -0.05) is 24.8 Å². The monoisotopic (exact) mass is 552 g/mol. The number of hydrogen-bond donors (Lipinski definition) is 1. The van der Waals surface area contributed by atoms with Crippen LogP contribution >= 0.6 is 34.4 Å². The largest absolute Gasteiger partial charge is 0.378 e. The van der Waals surface area contributed by atoms with Gasteiger partial charge in [-0.05, 0) is 55.2 Å². The summed E-state index contributed by atoms with van der Waals surface area (Å²) in [6, 6.07) is 9.09. The second-order valence-corrected chi connectivity index (χ2v) is 9.71. The van der Waals surface area contributed by atoms with E-state index >= 15 is 0 Å². The molecule has 0 spiro atoms. The van der Waals surface area contributed by atoms with Crippen LogP contribution < -0.4 is 5.73 Å². The first kappa shape index (κ1) is 23.3. The first-order valence-electron chi connectivity index (χ1n) is 9.39. The Bertz CT molecular complexity index is 1110. The number of rotatable bonds is 4. The van der Waals surface area contributed by atoms with Gasteiger partial charge in [0.05, 0.1) is 22.0 Å². The van der Waals surface area contributed by atoms with Crippen LogP contribution in [0.25, 0.3) is 11.9 Å². The van der Waals surface area contributed by atoms with Crippen molar-refractivity contribution in [3.63, 3.8) is 0 Å². The van der Waals surface area contributed by atoms with Gasteiger partial charge >= 0.3 is 0 Å². The van der Waals surface area contributed by atoms with Gasteiger partial charge in [0.2, 0.25) is 3.79 Å². The maximum atomic E-state index is 14.9. The van der Waals surface area contributed by atoms with Crippen molar-refractivity contribution in [3.05, 3.63) is 64.7 Å². The average Bonchev–Trinajstić information content (AvgIpc) is 2.85. The zero-order valence-electron chi connectivity index (χ0n) is 16.8. The van der Waals surface area contributed by atoms with E-state index in [-0.39, 0.29) is 31.4 Å². The normalized spacial score (nSPS) is 24.1. The molecule has 3 atom stereocenters. The highest BCUT2D eigenvalue weighted by atomic mass is 127. The lowest BCUT2D eigenvalue weighted by molar-refractivity contribution is -0.109. The topological polar surface area (TPSA) is 92.1 Å². The van der Waals surface area contributed by atoms with Gasteiger partial charge in [0.1, 0.15) is 17.7 Å². The van der Waals surface area contributed by atoms with E-state index in [9.17, 15) is 13.6 Å². The maximum Gasteiger partial charge on any atom is 0.205 e. The lowest BCUT2D eigenvalue weighted by atomic mass is 9.78. The summed E-state index contributed by atoms with van der Waals surface area (Å²) in [7, 11) is 0. The average molecular weight is 552 g/mol. The Balaban J connectivity index is 2.01. The van der Waals surface area contributed by atoms with Crippen LogP contribution in [0, 0.1) is 23.1 Å². The van der Waals surface area contributed by atoms with Gasteiger partial charge in [0.15, 0.2) is 5.17 Å². The minimum atomic E-state index is -1.02. The fraction of sp³-hybridized carbons (Fsp3) is 0.273. The van der Waals surface area contributed by atoms with E-state index in [0.29, 0.717) is 17.5 Å². The van der Waals surface area contributed by atoms with Gasteiger partial charge in [-0.3, -0.25) is 14.8 Å². The Kier molecular flexibility index (Phi) is 7.11. The predicted octanol–water partition coefficient (Wildman–Crippen LogP) is 5.19. The van der Waals surface area contributed by atoms with Crippen LogP contribution in [-0.4, -0.2) is 19.2 Å². The van der Waals surface area contributed by atoms with Crippen molar-refractivity contribution in [2.45, 2.75) is 31.1 Å². The Hall–Kier alpha value is -2.32. The number of benzene rings is 1. The lowest BCUT2D eigenvalue weighted by Gasteiger charge is -2.32. The molecule has 0 saturated carbocycles. The number of amidine groups is 1. The van der Waals surface area contributed by atoms with Crippen molar-refractivity contribution in [3.8, 4) is 6.07 Å². The molecule has 2 aromatic rings. The number of pyridine rings is 1. The third-order valence-corrected chi connectivity index (χ3v) is 7.55. The molecule has 1 unspecified atom stereocenters. The Morgan fingerprint density at radius 1 is 1.42 bits per heavy atom. The van der Waals surface area contributed by atoms with Gasteiger partial charge in [0.25, 0.3) is 0 Å². The summed E-state index contributed by atoms with van der Waals surface area (Å²) in [6.45, 7) is 3.67. The van der Waals surface area contributed by atoms with E-state index in [1.807, 2.05) is 13.0 Å². The Morgan fingerprint density at radius 3 is 2.77 bits per heavy atom. The molecule has 0 radical (unpaired) electrons. The highest BCUT2D eigenvalue weighted by Crippen LogP contribution is 2.43. The molecular weight excluding hydrogens is 533 g/mol. The quantitative estimate of drug-likeness (QED) is 0.416. The summed E-state index contributed by atoms with van der Waals surface area (Å²) in [5.74, 6) is -1.29. The first-order chi connectivity index (χ1) is 14.6. The number of nitrogens with zero attached hydrogens (tertiary/aromatic N) is 3. The Labute approximate surface area is 197 Å². The summed E-state index contributed by atoms with van der Waals surface area (Å²) >= 11 is 2.93. The highest BCUT2D eigenvalue weighted by Gasteiger charge is 2.40. The fourth-order valence-electron chi connectivity index (χ4n) is 3.42. The van der Waals surface area contributed by atoms with Crippen LogP contribution in [0.1, 0.15) is 42.7 Å². The number of aromatic nitrogens is 1. The van der Waals surface area contributed by atoms with E-state index < -0.39 is 17.2 Å². The molecule has 0 aliphatic carbocycles. The number of carbonyl (C=O) groups excluding carboxylic acids is 1. The summed E-state index contributed by atoms with van der Waals surface area (Å²) in [5, 5.41) is 8.70. The molecule has 0 bridgehead atoms. The van der Waals surface area contributed by atoms with Crippen LogP contribution in [0.15, 0.2) is 41.5 Å². The van der Waals surface area contributed by atoms with E-state index in [2.05, 4.69) is 9.98 Å². The van der Waals surface area contributed by atoms with Crippen LogP contribution in [0.3, 0.4) is 0 Å². The van der Waals surface area contributed by atoms with E-state index in [4.69, 9.17) is 11.0 Å². The summed E-state index contributed by atoms with van der Waals surface area (Å²) in [5.41, 5.74) is 6.12. The standard InChI is InChI=1S/C22H19F2IN4OS/c1-12-7-19(20(25)30)31-21(27)29-22(12,2)15-8-13(3-5-16(15)23)9-17(24)18-6-4-14(10-26)11-28-18/h3-6,8-9,11-12,19H,7H2,1-2H3,(H2,27,29)/b17-9+/t12?,19-,22+/m1/s1. The molecule has 5 nitrogen and oxygen atoms in total. The SMILES string of the molecule is CC1C[C@H](C(=O)I)SC(N)=N[C@]1(C)c1cc(/C=C(/F)c2ccc(C#N)cn2)ccc1F. The molecule has 1 aliphatic heterocycles. The second-order valence-electron chi connectivity index (χ2n) is 7.42. The summed E-state index contributed by atoms with van der Waals surface area (Å²) < 4.78 is 29.6. The molecule has 1 aliphatic rings. The van der Waals surface area contributed by atoms with Gasteiger partial charge in [-0.2, -0.15) is 5.26 Å². The molecule has 0 amide bonds. The molecule has 160 valence electrons. The number of thioether (sulfide) groups is 1. The minimum Gasteiger partial charge on any atom is -0.378 e. The third-order valence-electron chi connectivity index (χ3n) is 5.35. The van der Waals surface area contributed by atoms with Gasteiger partial charge in [-0.15, -0.1) is 0 Å². The molecule has 3 rings (SSSR count). The molecule has 2 N–H and O–H groups in total. The molecule has 31 heavy (non-hydrogen) atoms. The van der Waals surface area contributed by atoms with Crippen LogP contribution in [0.4, 0.5) is 8.78 Å². The van der Waals surface area contributed by atoms with E-state index in [0.717, 1.165) is 0 Å². The third kappa shape index (κ3) is 5.13. The molecule has 9 heteroatoms. The van der Waals surface area contributed by atoms with Crippen molar-refractivity contribution in [1.82, 2.24) is 4.98 Å². The highest BCUT2D eigenvalue weighted by molar-refractivity contribution is 14.1. The van der Waals surface area contributed by atoms with Crippen molar-refractivity contribution in [1.29, 1.82) is 5.26 Å². The van der Waals surface area contributed by atoms with Crippen LogP contribution in [-0.2, 0) is 10.3 Å². The zero-order chi connectivity index (χ0) is 22.8. The smallest absolute Gasteiger partial charge is 0.205 e. The number of nitriles is 1. The molecule has 1 aromatic carbocycles. The number of hydrogen-bond acceptors (Lipinski definition) is 6. The minimum absolute atomic E-state index is 0.0361. The summed E-state index contributed by atoms with van der Waals surface area (Å²) in [4.78, 5) is 20.4. The molecule has 0 fully saturated rings. The van der Waals surface area contributed by atoms with Crippen molar-refractivity contribution < 1.29 is 13.6 Å². The number of carbonyl (C=O) groups is 1. The van der Waals surface area contributed by atoms with Crippen molar-refractivity contribution in [2.75, 3.05) is 0 Å². The molecule has 0 saturated heterocycles. The number of nitrogens with two attached hydrogens (primary N) is 1. The summed E-state index contributed by atoms with van der Waals surface area (Å²) in [6.07, 6.45) is 3.02. The van der Waals surface area contributed by atoms with Crippen molar-refractivity contribution in [2.24, 2.45) is 16.6 Å². The Morgan fingerprint density at radius 2 is 2.16 bits per heavy atom. The van der Waals surface area contributed by atoms with E-state index in [1.165, 1.54) is 48.3 Å². The zero-order valence-corrected chi connectivity index (χ0v) is 19.7. The fourth-order valence-corrected chi connectivity index (χ4v) is 5.06. The number of halogens is 3. The first-order valence-corrected chi connectivity index (χ1v) is 11.3. The van der Waals surface area contributed by atoms with Crippen LogP contribution in [0.5, 0.6) is 0 Å². The lowest BCUT2D eigenvalue weighted by Crippen LogP contribution is -2.31. The molecule has 1 aromatic heterocycles. The van der Waals surface area contributed by atoms with Crippen molar-refractivity contribution >= 4 is 55.2 Å². The second kappa shape index (κ2) is 9.44. The maximum absolute atomic E-state index is 14.9. The molecular formula is C22H19F2IN4OS.